The van der Waals surface area contributed by atoms with Crippen molar-refractivity contribution in [2.24, 2.45) is 0 Å². The molecule has 4 aromatic rings. The maximum absolute atomic E-state index is 13.7. The number of rotatable bonds is 9. The maximum Gasteiger partial charge on any atom is 0.348 e. The summed E-state index contributed by atoms with van der Waals surface area (Å²) in [4.78, 5) is 46.3. The van der Waals surface area contributed by atoms with Crippen LogP contribution in [-0.4, -0.2) is 47.9 Å². The van der Waals surface area contributed by atoms with E-state index in [1.165, 1.54) is 11.8 Å². The van der Waals surface area contributed by atoms with E-state index < -0.39 is 5.97 Å². The van der Waals surface area contributed by atoms with E-state index in [0.717, 1.165) is 22.6 Å². The number of hydrogen-bond donors (Lipinski definition) is 1. The third-order valence-corrected chi connectivity index (χ3v) is 7.80. The van der Waals surface area contributed by atoms with Crippen molar-refractivity contribution >= 4 is 56.6 Å². The van der Waals surface area contributed by atoms with Crippen LogP contribution in [0.1, 0.15) is 27.7 Å². The van der Waals surface area contributed by atoms with Crippen molar-refractivity contribution in [2.75, 3.05) is 36.7 Å². The minimum atomic E-state index is -0.467. The van der Waals surface area contributed by atoms with Crippen molar-refractivity contribution in [1.29, 1.82) is 0 Å². The van der Waals surface area contributed by atoms with Gasteiger partial charge >= 0.3 is 5.97 Å². The first-order valence-electron chi connectivity index (χ1n) is 11.7. The first kappa shape index (κ1) is 26.4. The second kappa shape index (κ2) is 11.6. The van der Waals surface area contributed by atoms with Gasteiger partial charge in [0.05, 0.1) is 24.3 Å². The Kier molecular flexibility index (Phi) is 8.30. The summed E-state index contributed by atoms with van der Waals surface area (Å²) in [7, 11) is 3.90. The van der Waals surface area contributed by atoms with E-state index in [0.29, 0.717) is 38.0 Å². The zero-order valence-corrected chi connectivity index (χ0v) is 22.7. The summed E-state index contributed by atoms with van der Waals surface area (Å²) in [6.07, 6.45) is 0. The number of thiophene rings is 1. The molecule has 4 rings (SSSR count). The minimum Gasteiger partial charge on any atom is -0.462 e. The lowest BCUT2D eigenvalue weighted by Crippen LogP contribution is -2.25. The summed E-state index contributed by atoms with van der Waals surface area (Å²) in [6, 6.07) is 17.1. The molecule has 8 nitrogen and oxygen atoms in total. The Morgan fingerprint density at radius 3 is 2.46 bits per heavy atom. The Morgan fingerprint density at radius 1 is 1.11 bits per heavy atom. The molecule has 0 spiro atoms. The van der Waals surface area contributed by atoms with Crippen molar-refractivity contribution < 1.29 is 14.3 Å². The largest absolute Gasteiger partial charge is 0.462 e. The number of ether oxygens (including phenoxy) is 1. The van der Waals surface area contributed by atoms with Crippen LogP contribution in [0.5, 0.6) is 0 Å². The van der Waals surface area contributed by atoms with E-state index >= 15 is 0 Å². The number of amides is 1. The lowest BCUT2D eigenvalue weighted by atomic mass is 10.2. The number of carbonyl (C=O) groups is 2. The summed E-state index contributed by atoms with van der Waals surface area (Å²) in [5, 5.41) is 3.70. The SMILES string of the molecule is CCOC(=O)c1sc2nc(SCC(=O)Nc3ccc(N(C)C)cc3)n(Cc3ccccc3)c(=O)c2c1C. The molecular weight excluding hydrogens is 508 g/mol. The van der Waals surface area contributed by atoms with E-state index in [2.05, 4.69) is 5.32 Å². The van der Waals surface area contributed by atoms with Crippen molar-refractivity contribution in [2.45, 2.75) is 25.5 Å². The van der Waals surface area contributed by atoms with Crippen LogP contribution >= 0.6 is 23.1 Å². The Morgan fingerprint density at radius 2 is 1.81 bits per heavy atom. The molecule has 2 aromatic heterocycles. The van der Waals surface area contributed by atoms with Crippen LogP contribution < -0.4 is 15.8 Å². The average Bonchev–Trinajstić information content (AvgIpc) is 3.22. The van der Waals surface area contributed by atoms with Crippen LogP contribution in [0, 0.1) is 6.92 Å². The van der Waals surface area contributed by atoms with Crippen molar-refractivity contribution in [3.05, 3.63) is 81.0 Å². The van der Waals surface area contributed by atoms with Gasteiger partial charge < -0.3 is 15.0 Å². The fourth-order valence-electron chi connectivity index (χ4n) is 3.77. The Bertz CT molecular complexity index is 1480. The highest BCUT2D eigenvalue weighted by atomic mass is 32.2. The second-order valence-electron chi connectivity index (χ2n) is 8.51. The lowest BCUT2D eigenvalue weighted by Gasteiger charge is -2.14. The molecule has 1 amide bonds. The third kappa shape index (κ3) is 6.03. The Labute approximate surface area is 223 Å². The molecule has 0 aliphatic carbocycles. The molecule has 0 bridgehead atoms. The normalized spacial score (nSPS) is 10.9. The third-order valence-electron chi connectivity index (χ3n) is 5.66. The lowest BCUT2D eigenvalue weighted by molar-refractivity contribution is -0.113. The molecule has 0 aliphatic rings. The van der Waals surface area contributed by atoms with Gasteiger partial charge in [0.1, 0.15) is 9.71 Å². The predicted molar refractivity (Wildman–Crippen MR) is 150 cm³/mol. The molecule has 0 radical (unpaired) electrons. The first-order chi connectivity index (χ1) is 17.8. The van der Waals surface area contributed by atoms with E-state index in [1.807, 2.05) is 73.6 Å². The number of aromatic nitrogens is 2. The van der Waals surface area contributed by atoms with E-state index in [9.17, 15) is 14.4 Å². The van der Waals surface area contributed by atoms with Crippen LogP contribution in [0.25, 0.3) is 10.2 Å². The Hall–Kier alpha value is -3.63. The highest BCUT2D eigenvalue weighted by Gasteiger charge is 2.23. The zero-order valence-electron chi connectivity index (χ0n) is 21.1. The molecule has 1 N–H and O–H groups in total. The highest BCUT2D eigenvalue weighted by Crippen LogP contribution is 2.30. The Balaban J connectivity index is 1.64. The van der Waals surface area contributed by atoms with Gasteiger partial charge in [-0.15, -0.1) is 11.3 Å². The maximum atomic E-state index is 13.7. The number of aryl methyl sites for hydroxylation is 1. The summed E-state index contributed by atoms with van der Waals surface area (Å²) in [5.74, 6) is -0.610. The van der Waals surface area contributed by atoms with E-state index in [4.69, 9.17) is 9.72 Å². The topological polar surface area (TPSA) is 93.5 Å². The standard InChI is InChI=1S/C27H28N4O4S2/c1-5-35-26(34)23-17(2)22-24(37-23)29-27(31(25(22)33)15-18-9-7-6-8-10-18)36-16-21(32)28-19-11-13-20(14-12-19)30(3)4/h6-14H,5,15-16H2,1-4H3,(H,28,32). The number of nitrogens with zero attached hydrogens (tertiary/aromatic N) is 3. The monoisotopic (exact) mass is 536 g/mol. The highest BCUT2D eigenvalue weighted by molar-refractivity contribution is 7.99. The van der Waals surface area contributed by atoms with Crippen LogP contribution in [0.2, 0.25) is 0 Å². The van der Waals surface area contributed by atoms with Gasteiger partial charge in [-0.05, 0) is 49.2 Å². The summed E-state index contributed by atoms with van der Waals surface area (Å²) < 4.78 is 6.73. The van der Waals surface area contributed by atoms with Gasteiger partial charge in [-0.2, -0.15) is 0 Å². The molecule has 0 saturated heterocycles. The molecule has 0 saturated carbocycles. The van der Waals surface area contributed by atoms with Gasteiger partial charge in [-0.3, -0.25) is 14.2 Å². The zero-order chi connectivity index (χ0) is 26.5. The smallest absolute Gasteiger partial charge is 0.348 e. The molecule has 2 aromatic carbocycles. The molecule has 2 heterocycles. The predicted octanol–water partition coefficient (Wildman–Crippen LogP) is 4.79. The quantitative estimate of drug-likeness (QED) is 0.187. The average molecular weight is 537 g/mol. The van der Waals surface area contributed by atoms with Gasteiger partial charge in [0.2, 0.25) is 5.91 Å². The van der Waals surface area contributed by atoms with Gasteiger partial charge in [-0.25, -0.2) is 9.78 Å². The molecule has 192 valence electrons. The van der Waals surface area contributed by atoms with Gasteiger partial charge in [0.25, 0.3) is 5.56 Å². The van der Waals surface area contributed by atoms with Gasteiger partial charge in [-0.1, -0.05) is 42.1 Å². The van der Waals surface area contributed by atoms with Crippen LogP contribution in [-0.2, 0) is 16.1 Å². The van der Waals surface area contributed by atoms with Crippen LogP contribution in [0.3, 0.4) is 0 Å². The second-order valence-corrected chi connectivity index (χ2v) is 10.4. The summed E-state index contributed by atoms with van der Waals surface area (Å²) in [6.45, 7) is 4.01. The van der Waals surface area contributed by atoms with Crippen molar-refractivity contribution in [1.82, 2.24) is 9.55 Å². The molecule has 0 aliphatic heterocycles. The van der Waals surface area contributed by atoms with Gasteiger partial charge in [0, 0.05) is 25.5 Å². The van der Waals surface area contributed by atoms with Gasteiger partial charge in [0.15, 0.2) is 5.16 Å². The van der Waals surface area contributed by atoms with Crippen LogP contribution in [0.4, 0.5) is 11.4 Å². The number of esters is 1. The van der Waals surface area contributed by atoms with E-state index in [-0.39, 0.29) is 23.8 Å². The number of anilines is 2. The summed E-state index contributed by atoms with van der Waals surface area (Å²) in [5.41, 5.74) is 2.96. The number of benzene rings is 2. The summed E-state index contributed by atoms with van der Waals surface area (Å²) >= 11 is 2.33. The number of thioether (sulfide) groups is 1. The van der Waals surface area contributed by atoms with Crippen molar-refractivity contribution in [3.63, 3.8) is 0 Å². The molecule has 0 unspecified atom stereocenters. The van der Waals surface area contributed by atoms with Crippen LogP contribution in [0.15, 0.2) is 64.5 Å². The first-order valence-corrected chi connectivity index (χ1v) is 13.5. The molecular formula is C27H28N4O4S2. The molecule has 0 fully saturated rings. The molecule has 37 heavy (non-hydrogen) atoms. The molecule has 0 atom stereocenters. The fourth-order valence-corrected chi connectivity index (χ4v) is 5.69. The molecule has 10 heteroatoms. The number of nitrogens with one attached hydrogen (secondary N) is 1. The van der Waals surface area contributed by atoms with E-state index in [1.54, 1.807) is 18.4 Å². The number of hydrogen-bond acceptors (Lipinski definition) is 8. The minimum absolute atomic E-state index is 0.0667. The fraction of sp³-hybridized carbons (Fsp3) is 0.259. The number of fused-ring (bicyclic) bond motifs is 1. The van der Waals surface area contributed by atoms with Crippen molar-refractivity contribution in [3.8, 4) is 0 Å². The number of carbonyl (C=O) groups excluding carboxylic acids is 2.